The van der Waals surface area contributed by atoms with Crippen molar-refractivity contribution in [2.24, 2.45) is 11.8 Å². The zero-order valence-electron chi connectivity index (χ0n) is 11.2. The number of ether oxygens (including phenoxy) is 2. The summed E-state index contributed by atoms with van der Waals surface area (Å²) >= 11 is 0. The molecular formula is C13H16N2O5. The third kappa shape index (κ3) is 1.93. The Bertz CT molecular complexity index is 489. The molecule has 0 unspecified atom stereocenters. The normalized spacial score (nSPS) is 31.4. The quantitative estimate of drug-likeness (QED) is 0.658. The molecule has 0 aromatic rings. The molecule has 0 aromatic heterocycles. The second kappa shape index (κ2) is 4.81. The fraction of sp³-hybridized carbons (Fsp3) is 0.615. The van der Waals surface area contributed by atoms with Crippen LogP contribution >= 0.6 is 0 Å². The number of hydrogen-bond donors (Lipinski definition) is 0. The van der Waals surface area contributed by atoms with Crippen molar-refractivity contribution in [1.29, 1.82) is 0 Å². The van der Waals surface area contributed by atoms with E-state index in [1.807, 2.05) is 12.2 Å². The molecule has 3 aliphatic heterocycles. The Hall–Kier alpha value is -2.05. The summed E-state index contributed by atoms with van der Waals surface area (Å²) in [6.45, 7) is 1.08. The molecule has 4 rings (SSSR count). The van der Waals surface area contributed by atoms with Crippen LogP contribution in [0.25, 0.3) is 0 Å². The third-order valence-corrected chi connectivity index (χ3v) is 4.09. The minimum Gasteiger partial charge on any atom is -0.453 e. The lowest BCUT2D eigenvalue weighted by Gasteiger charge is -2.45. The monoisotopic (exact) mass is 280 g/mol. The number of rotatable bonds is 1. The number of carbonyl (C=O) groups is 3. The number of carbonyl (C=O) groups excluding carboxylic acids is 3. The molecule has 108 valence electrons. The molecule has 3 amide bonds. The van der Waals surface area contributed by atoms with Gasteiger partial charge in [-0.2, -0.15) is 0 Å². The molecule has 3 heterocycles. The number of piperidine rings is 1. The van der Waals surface area contributed by atoms with Gasteiger partial charge in [0.15, 0.2) is 0 Å². The largest absolute Gasteiger partial charge is 0.453 e. The van der Waals surface area contributed by atoms with Crippen LogP contribution in [0.5, 0.6) is 0 Å². The van der Waals surface area contributed by atoms with E-state index in [9.17, 15) is 14.4 Å². The van der Waals surface area contributed by atoms with E-state index in [1.54, 1.807) is 4.90 Å². The Morgan fingerprint density at radius 2 is 2.20 bits per heavy atom. The highest BCUT2D eigenvalue weighted by atomic mass is 16.6. The van der Waals surface area contributed by atoms with Crippen molar-refractivity contribution in [2.45, 2.75) is 12.5 Å². The molecule has 1 aliphatic carbocycles. The molecule has 2 saturated heterocycles. The molecule has 7 heteroatoms. The van der Waals surface area contributed by atoms with E-state index in [-0.39, 0.29) is 31.0 Å². The third-order valence-electron chi connectivity index (χ3n) is 4.09. The molecule has 0 aromatic carbocycles. The first-order valence-corrected chi connectivity index (χ1v) is 6.63. The Labute approximate surface area is 116 Å². The predicted molar refractivity (Wildman–Crippen MR) is 66.7 cm³/mol. The number of cyclic esters (lactones) is 1. The van der Waals surface area contributed by atoms with E-state index < -0.39 is 18.1 Å². The van der Waals surface area contributed by atoms with Gasteiger partial charge in [-0.1, -0.05) is 12.2 Å². The molecule has 7 nitrogen and oxygen atoms in total. The van der Waals surface area contributed by atoms with Crippen molar-refractivity contribution in [3.63, 3.8) is 0 Å². The van der Waals surface area contributed by atoms with Crippen molar-refractivity contribution in [3.05, 3.63) is 12.2 Å². The number of methoxy groups -OCH3 is 1. The summed E-state index contributed by atoms with van der Waals surface area (Å²) in [4.78, 5) is 38.4. The van der Waals surface area contributed by atoms with Crippen molar-refractivity contribution in [1.82, 2.24) is 9.80 Å². The molecule has 4 aliphatic rings. The molecular weight excluding hydrogens is 264 g/mol. The summed E-state index contributed by atoms with van der Waals surface area (Å²) < 4.78 is 9.55. The van der Waals surface area contributed by atoms with Gasteiger partial charge in [-0.05, 0) is 12.3 Å². The van der Waals surface area contributed by atoms with Gasteiger partial charge in [-0.25, -0.2) is 14.5 Å². The summed E-state index contributed by atoms with van der Waals surface area (Å²) in [7, 11) is 1.32. The number of hydrogen-bond acceptors (Lipinski definition) is 5. The molecule has 20 heavy (non-hydrogen) atoms. The molecule has 0 N–H and O–H groups in total. The van der Waals surface area contributed by atoms with Crippen molar-refractivity contribution in [3.8, 4) is 0 Å². The van der Waals surface area contributed by atoms with Crippen molar-refractivity contribution < 1.29 is 23.9 Å². The maximum atomic E-state index is 12.5. The lowest BCUT2D eigenvalue weighted by Crippen LogP contribution is -2.57. The second-order valence-corrected chi connectivity index (χ2v) is 5.20. The maximum absolute atomic E-state index is 12.5. The van der Waals surface area contributed by atoms with Crippen molar-refractivity contribution >= 4 is 18.1 Å². The number of amides is 3. The fourth-order valence-electron chi connectivity index (χ4n) is 3.13. The smallest absolute Gasteiger partial charge is 0.416 e. The highest BCUT2D eigenvalue weighted by Crippen LogP contribution is 2.36. The summed E-state index contributed by atoms with van der Waals surface area (Å²) in [5.74, 6) is -0.532. The second-order valence-electron chi connectivity index (χ2n) is 5.20. The van der Waals surface area contributed by atoms with E-state index in [2.05, 4.69) is 0 Å². The molecule has 0 spiro atoms. The van der Waals surface area contributed by atoms with Crippen LogP contribution in [-0.2, 0) is 14.3 Å². The van der Waals surface area contributed by atoms with E-state index >= 15 is 0 Å². The van der Waals surface area contributed by atoms with Crippen molar-refractivity contribution in [2.75, 3.05) is 26.8 Å². The zero-order valence-corrected chi connectivity index (χ0v) is 11.2. The van der Waals surface area contributed by atoms with Crippen LogP contribution in [0.3, 0.4) is 0 Å². The first-order valence-electron chi connectivity index (χ1n) is 6.63. The Morgan fingerprint density at radius 3 is 2.80 bits per heavy atom. The Morgan fingerprint density at radius 1 is 1.40 bits per heavy atom. The minimum atomic E-state index is -0.593. The van der Waals surface area contributed by atoms with E-state index in [0.717, 1.165) is 4.90 Å². The lowest BCUT2D eigenvalue weighted by molar-refractivity contribution is -0.135. The van der Waals surface area contributed by atoms with Gasteiger partial charge in [0.25, 0.3) is 0 Å². The van der Waals surface area contributed by atoms with E-state index in [0.29, 0.717) is 13.0 Å². The van der Waals surface area contributed by atoms with Gasteiger partial charge in [0.05, 0.1) is 25.6 Å². The van der Waals surface area contributed by atoms with Gasteiger partial charge in [0, 0.05) is 6.54 Å². The van der Waals surface area contributed by atoms with Gasteiger partial charge < -0.3 is 14.4 Å². The highest BCUT2D eigenvalue weighted by Gasteiger charge is 2.46. The molecule has 0 saturated carbocycles. The Balaban J connectivity index is 1.80. The van der Waals surface area contributed by atoms with Crippen LogP contribution in [0.2, 0.25) is 0 Å². The summed E-state index contributed by atoms with van der Waals surface area (Å²) in [6.07, 6.45) is 3.50. The summed E-state index contributed by atoms with van der Waals surface area (Å²) in [5.41, 5.74) is 0. The summed E-state index contributed by atoms with van der Waals surface area (Å²) in [5, 5.41) is 0. The number of nitrogens with zero attached hydrogens (tertiary/aromatic N) is 2. The van der Waals surface area contributed by atoms with Crippen LogP contribution in [0, 0.1) is 11.8 Å². The molecule has 2 fully saturated rings. The molecule has 2 bridgehead atoms. The lowest BCUT2D eigenvalue weighted by atomic mass is 9.77. The minimum absolute atomic E-state index is 0.131. The van der Waals surface area contributed by atoms with Crippen LogP contribution < -0.4 is 0 Å². The highest BCUT2D eigenvalue weighted by molar-refractivity contribution is 5.95. The van der Waals surface area contributed by atoms with Crippen LogP contribution in [0.1, 0.15) is 6.42 Å². The standard InChI is InChI=1S/C13H16N2O5/c1-19-12(17)15-7-8-2-3-10(15)9(6-8)11(16)14-4-5-20-13(14)18/h2-3,8-10H,4-7H2,1H3/t8-,9-,10+/m0/s1. The van der Waals surface area contributed by atoms with Gasteiger partial charge in [0.1, 0.15) is 6.61 Å². The number of imide groups is 1. The first-order chi connectivity index (χ1) is 9.61. The fourth-order valence-corrected chi connectivity index (χ4v) is 3.13. The van der Waals surface area contributed by atoms with Gasteiger partial charge in [-0.3, -0.25) is 4.79 Å². The van der Waals surface area contributed by atoms with Gasteiger partial charge >= 0.3 is 12.2 Å². The van der Waals surface area contributed by atoms with Crippen LogP contribution in [0.4, 0.5) is 9.59 Å². The molecule has 3 atom stereocenters. The van der Waals surface area contributed by atoms with Crippen LogP contribution in [-0.4, -0.2) is 60.7 Å². The van der Waals surface area contributed by atoms with E-state index in [1.165, 1.54) is 7.11 Å². The van der Waals surface area contributed by atoms with Crippen LogP contribution in [0.15, 0.2) is 12.2 Å². The Kier molecular flexibility index (Phi) is 3.11. The average Bonchev–Trinajstić information content (AvgIpc) is 2.92. The van der Waals surface area contributed by atoms with E-state index in [4.69, 9.17) is 9.47 Å². The maximum Gasteiger partial charge on any atom is 0.416 e. The van der Waals surface area contributed by atoms with Gasteiger partial charge in [0.2, 0.25) is 5.91 Å². The molecule has 0 radical (unpaired) electrons. The van der Waals surface area contributed by atoms with Gasteiger partial charge in [-0.15, -0.1) is 0 Å². The number of fused-ring (bicyclic) bond motifs is 2. The summed E-state index contributed by atoms with van der Waals surface area (Å²) in [6, 6.07) is -0.339. The average molecular weight is 280 g/mol. The predicted octanol–water partition coefficient (Wildman–Crippen LogP) is 0.608. The topological polar surface area (TPSA) is 76.2 Å². The first kappa shape index (κ1) is 13.0. The SMILES string of the molecule is COC(=O)N1C[C@H]2C=C[C@@H]1[C@@H](C(=O)N1CCOC1=O)C2. The zero-order chi connectivity index (χ0) is 14.3.